The molecule has 3 heterocycles. The van der Waals surface area contributed by atoms with Crippen LogP contribution in [0.3, 0.4) is 0 Å². The van der Waals surface area contributed by atoms with Crippen LogP contribution in [-0.2, 0) is 9.47 Å². The zero-order valence-corrected chi connectivity index (χ0v) is 11.7. The second-order valence-corrected chi connectivity index (χ2v) is 5.08. The average Bonchev–Trinajstić information content (AvgIpc) is 2.90. The molecule has 3 rings (SSSR count). The first-order chi connectivity index (χ1) is 10.1. The Bertz CT molecular complexity index is 615. The number of methoxy groups -OCH3 is 1. The number of aromatic nitrogens is 2. The van der Waals surface area contributed by atoms with E-state index in [-0.39, 0.29) is 30.3 Å². The standard InChI is InChI=1S/C13H18N4O4/c1-20-9-5-7(6-18)21-12(9)17-4-2-3-8-10(17)15-13(14)16-11(8)19/h2-3,7,9,12,18H,4-6H2,1H3,(H3,14,15,16,19)/t7?,9-,12?/m1/s1. The molecule has 0 aliphatic carbocycles. The van der Waals surface area contributed by atoms with Gasteiger partial charge in [0.15, 0.2) is 6.23 Å². The van der Waals surface area contributed by atoms with E-state index < -0.39 is 6.23 Å². The van der Waals surface area contributed by atoms with E-state index in [4.69, 9.17) is 15.2 Å². The van der Waals surface area contributed by atoms with Crippen molar-refractivity contribution in [2.24, 2.45) is 0 Å². The Morgan fingerprint density at radius 2 is 2.48 bits per heavy atom. The second kappa shape index (κ2) is 5.47. The smallest absolute Gasteiger partial charge is 0.261 e. The van der Waals surface area contributed by atoms with E-state index in [1.54, 1.807) is 13.2 Å². The number of hydrogen-bond donors (Lipinski definition) is 3. The number of aliphatic hydroxyl groups excluding tert-OH is 1. The minimum Gasteiger partial charge on any atom is -0.394 e. The van der Waals surface area contributed by atoms with Crippen LogP contribution < -0.4 is 16.2 Å². The lowest BCUT2D eigenvalue weighted by molar-refractivity contribution is -0.0198. The molecule has 3 atom stereocenters. The number of aliphatic hydroxyl groups is 1. The maximum absolute atomic E-state index is 12.0. The van der Waals surface area contributed by atoms with Gasteiger partial charge in [0.25, 0.3) is 5.56 Å². The summed E-state index contributed by atoms with van der Waals surface area (Å²) in [7, 11) is 1.60. The molecule has 8 heteroatoms. The Balaban J connectivity index is 1.98. The lowest BCUT2D eigenvalue weighted by atomic mass is 10.1. The lowest BCUT2D eigenvalue weighted by Gasteiger charge is -2.34. The number of nitrogens with zero attached hydrogens (tertiary/aromatic N) is 2. The highest BCUT2D eigenvalue weighted by atomic mass is 16.6. The van der Waals surface area contributed by atoms with Crippen LogP contribution in [0, 0.1) is 0 Å². The Kier molecular flexibility index (Phi) is 3.66. The fraction of sp³-hybridized carbons (Fsp3) is 0.538. The summed E-state index contributed by atoms with van der Waals surface area (Å²) >= 11 is 0. The molecule has 1 aromatic rings. The van der Waals surface area contributed by atoms with Crippen molar-refractivity contribution >= 4 is 17.8 Å². The van der Waals surface area contributed by atoms with Crippen LogP contribution in [0.1, 0.15) is 12.0 Å². The summed E-state index contributed by atoms with van der Waals surface area (Å²) < 4.78 is 11.3. The van der Waals surface area contributed by atoms with E-state index in [0.29, 0.717) is 24.3 Å². The fourth-order valence-corrected chi connectivity index (χ4v) is 2.77. The normalized spacial score (nSPS) is 27.9. The average molecular weight is 294 g/mol. The Morgan fingerprint density at radius 1 is 1.67 bits per heavy atom. The van der Waals surface area contributed by atoms with Gasteiger partial charge >= 0.3 is 0 Å². The molecule has 1 fully saturated rings. The largest absolute Gasteiger partial charge is 0.394 e. The summed E-state index contributed by atoms with van der Waals surface area (Å²) in [6.45, 7) is 0.462. The molecule has 0 spiro atoms. The predicted octanol–water partition coefficient (Wildman–Crippen LogP) is -0.692. The molecule has 0 amide bonds. The Morgan fingerprint density at radius 3 is 3.19 bits per heavy atom. The minimum absolute atomic E-state index is 0.0599. The van der Waals surface area contributed by atoms with Gasteiger partial charge in [0, 0.05) is 20.1 Å². The van der Waals surface area contributed by atoms with Crippen molar-refractivity contribution < 1.29 is 14.6 Å². The first-order valence-electron chi connectivity index (χ1n) is 6.76. The number of aromatic amines is 1. The minimum atomic E-state index is -0.412. The number of hydrogen-bond acceptors (Lipinski definition) is 7. The van der Waals surface area contributed by atoms with Crippen molar-refractivity contribution in [2.75, 3.05) is 30.9 Å². The summed E-state index contributed by atoms with van der Waals surface area (Å²) in [6, 6.07) is 0. The van der Waals surface area contributed by atoms with Gasteiger partial charge in [0.05, 0.1) is 18.3 Å². The Hall–Kier alpha value is -1.90. The molecule has 2 aliphatic rings. The van der Waals surface area contributed by atoms with Gasteiger partial charge in [-0.15, -0.1) is 0 Å². The van der Waals surface area contributed by atoms with E-state index in [1.165, 1.54) is 0 Å². The molecule has 8 nitrogen and oxygen atoms in total. The van der Waals surface area contributed by atoms with E-state index >= 15 is 0 Å². The van der Waals surface area contributed by atoms with Gasteiger partial charge in [0.2, 0.25) is 5.95 Å². The van der Waals surface area contributed by atoms with Gasteiger partial charge in [-0.1, -0.05) is 6.08 Å². The molecule has 2 aliphatic heterocycles. The van der Waals surface area contributed by atoms with Crippen LogP contribution in [0.2, 0.25) is 0 Å². The first-order valence-corrected chi connectivity index (χ1v) is 6.76. The summed E-state index contributed by atoms with van der Waals surface area (Å²) in [5.74, 6) is 0.536. The van der Waals surface area contributed by atoms with Crippen LogP contribution in [0.15, 0.2) is 10.9 Å². The van der Waals surface area contributed by atoms with Crippen molar-refractivity contribution in [3.8, 4) is 0 Å². The monoisotopic (exact) mass is 294 g/mol. The van der Waals surface area contributed by atoms with Gasteiger partial charge in [-0.05, 0) is 6.08 Å². The maximum atomic E-state index is 12.0. The SMILES string of the molecule is CO[C@@H]1CC(CO)OC1N1CC=Cc2c1nc(N)[nH]c2=O. The van der Waals surface area contributed by atoms with Crippen molar-refractivity contribution in [1.29, 1.82) is 0 Å². The molecule has 114 valence electrons. The maximum Gasteiger partial charge on any atom is 0.261 e. The molecule has 1 aromatic heterocycles. The van der Waals surface area contributed by atoms with Gasteiger partial charge in [-0.3, -0.25) is 9.78 Å². The van der Waals surface area contributed by atoms with Gasteiger partial charge < -0.3 is 25.2 Å². The third-order valence-electron chi connectivity index (χ3n) is 3.77. The molecule has 4 N–H and O–H groups in total. The molecule has 0 aromatic carbocycles. The van der Waals surface area contributed by atoms with E-state index in [0.717, 1.165) is 0 Å². The number of fused-ring (bicyclic) bond motifs is 1. The highest BCUT2D eigenvalue weighted by Crippen LogP contribution is 2.31. The van der Waals surface area contributed by atoms with Crippen LogP contribution in [-0.4, -0.2) is 53.8 Å². The zero-order valence-electron chi connectivity index (χ0n) is 11.7. The van der Waals surface area contributed by atoms with Crippen LogP contribution >= 0.6 is 0 Å². The topological polar surface area (TPSA) is 114 Å². The van der Waals surface area contributed by atoms with Crippen molar-refractivity contribution in [3.63, 3.8) is 0 Å². The van der Waals surface area contributed by atoms with Gasteiger partial charge in [-0.25, -0.2) is 0 Å². The summed E-state index contributed by atoms with van der Waals surface area (Å²) in [5, 5.41) is 9.28. The number of rotatable bonds is 3. The Labute approximate surface area is 121 Å². The first kappa shape index (κ1) is 14.1. The second-order valence-electron chi connectivity index (χ2n) is 5.08. The summed E-state index contributed by atoms with van der Waals surface area (Å²) in [6.07, 6.45) is 3.27. The third kappa shape index (κ3) is 2.41. The number of H-pyrrole nitrogens is 1. The van der Waals surface area contributed by atoms with Crippen molar-refractivity contribution in [1.82, 2.24) is 9.97 Å². The molecular weight excluding hydrogens is 276 g/mol. The lowest BCUT2D eigenvalue weighted by Crippen LogP contribution is -2.45. The van der Waals surface area contributed by atoms with E-state index in [1.807, 2.05) is 11.0 Å². The highest BCUT2D eigenvalue weighted by molar-refractivity contribution is 5.68. The molecule has 1 saturated heterocycles. The quantitative estimate of drug-likeness (QED) is 0.676. The van der Waals surface area contributed by atoms with Gasteiger partial charge in [-0.2, -0.15) is 4.98 Å². The number of anilines is 2. The van der Waals surface area contributed by atoms with Crippen LogP contribution in [0.5, 0.6) is 0 Å². The molecular formula is C13H18N4O4. The number of nitrogens with one attached hydrogen (secondary N) is 1. The number of nitrogens with two attached hydrogens (primary N) is 1. The number of ether oxygens (including phenoxy) is 2. The molecule has 2 unspecified atom stereocenters. The zero-order chi connectivity index (χ0) is 15.0. The van der Waals surface area contributed by atoms with E-state index in [9.17, 15) is 9.90 Å². The summed E-state index contributed by atoms with van der Waals surface area (Å²) in [4.78, 5) is 20.5. The van der Waals surface area contributed by atoms with Crippen LogP contribution in [0.25, 0.3) is 6.08 Å². The van der Waals surface area contributed by atoms with Crippen molar-refractivity contribution in [3.05, 3.63) is 22.0 Å². The van der Waals surface area contributed by atoms with Crippen LogP contribution in [0.4, 0.5) is 11.8 Å². The molecule has 0 bridgehead atoms. The molecule has 0 radical (unpaired) electrons. The molecule has 0 saturated carbocycles. The number of nitrogen functional groups attached to an aromatic ring is 1. The highest BCUT2D eigenvalue weighted by Gasteiger charge is 2.40. The summed E-state index contributed by atoms with van der Waals surface area (Å²) in [5.41, 5.74) is 5.79. The predicted molar refractivity (Wildman–Crippen MR) is 76.8 cm³/mol. The third-order valence-corrected chi connectivity index (χ3v) is 3.77. The van der Waals surface area contributed by atoms with Gasteiger partial charge in [0.1, 0.15) is 11.9 Å². The fourth-order valence-electron chi connectivity index (χ4n) is 2.77. The van der Waals surface area contributed by atoms with Crippen molar-refractivity contribution in [2.45, 2.75) is 24.9 Å². The van der Waals surface area contributed by atoms with E-state index in [2.05, 4.69) is 9.97 Å². The molecule has 21 heavy (non-hydrogen) atoms.